The number of nitrogens with two attached hydrogens (primary N) is 1. The van der Waals surface area contributed by atoms with Gasteiger partial charge in [-0.25, -0.2) is 0 Å². The molecular weight excluding hydrogens is 299 g/mol. The van der Waals surface area contributed by atoms with E-state index in [0.29, 0.717) is 25.1 Å². The van der Waals surface area contributed by atoms with E-state index in [0.717, 1.165) is 5.56 Å². The largest absolute Gasteiger partial charge is 0.471 e. The lowest BCUT2D eigenvalue weighted by Gasteiger charge is -2.13. The molecule has 122 valence electrons. The minimum absolute atomic E-state index is 0.0337. The number of hydrogen-bond donors (Lipinski definition) is 3. The molecule has 0 unspecified atom stereocenters. The SMILES string of the molecule is CCc1ccc(NC(=O)C(F)(F)F)cc1NC(=O)CCCN. The van der Waals surface area contributed by atoms with Crippen molar-refractivity contribution in [3.63, 3.8) is 0 Å². The zero-order chi connectivity index (χ0) is 16.8. The quantitative estimate of drug-likeness (QED) is 0.753. The van der Waals surface area contributed by atoms with Crippen LogP contribution in [0.5, 0.6) is 0 Å². The molecule has 0 saturated carbocycles. The highest BCUT2D eigenvalue weighted by Gasteiger charge is 2.38. The Morgan fingerprint density at radius 3 is 2.45 bits per heavy atom. The predicted octanol–water partition coefficient (Wildman–Crippen LogP) is 2.43. The second-order valence-corrected chi connectivity index (χ2v) is 4.62. The second kappa shape index (κ2) is 7.79. The predicted molar refractivity (Wildman–Crippen MR) is 77.4 cm³/mol. The Kier molecular flexibility index (Phi) is 6.36. The minimum atomic E-state index is -4.96. The third-order valence-corrected chi connectivity index (χ3v) is 2.89. The zero-order valence-electron chi connectivity index (χ0n) is 12.1. The Balaban J connectivity index is 2.89. The van der Waals surface area contributed by atoms with Gasteiger partial charge in [0.2, 0.25) is 5.91 Å². The van der Waals surface area contributed by atoms with Crippen LogP contribution in [0.2, 0.25) is 0 Å². The first-order valence-corrected chi connectivity index (χ1v) is 6.79. The van der Waals surface area contributed by atoms with Crippen molar-refractivity contribution in [2.45, 2.75) is 32.4 Å². The number of amides is 2. The van der Waals surface area contributed by atoms with Crippen LogP contribution in [0.4, 0.5) is 24.5 Å². The molecule has 0 aromatic heterocycles. The molecule has 0 aliphatic heterocycles. The summed E-state index contributed by atoms with van der Waals surface area (Å²) in [6.07, 6.45) is -3.65. The van der Waals surface area contributed by atoms with Gasteiger partial charge in [-0.2, -0.15) is 13.2 Å². The van der Waals surface area contributed by atoms with Crippen molar-refractivity contribution in [1.29, 1.82) is 0 Å². The van der Waals surface area contributed by atoms with E-state index in [-0.39, 0.29) is 18.0 Å². The van der Waals surface area contributed by atoms with Crippen molar-refractivity contribution < 1.29 is 22.8 Å². The van der Waals surface area contributed by atoms with Gasteiger partial charge in [0.25, 0.3) is 0 Å². The molecule has 5 nitrogen and oxygen atoms in total. The molecule has 0 spiro atoms. The van der Waals surface area contributed by atoms with E-state index >= 15 is 0 Å². The molecule has 1 aromatic carbocycles. The van der Waals surface area contributed by atoms with Gasteiger partial charge in [-0.3, -0.25) is 9.59 Å². The van der Waals surface area contributed by atoms with Gasteiger partial charge in [-0.1, -0.05) is 13.0 Å². The molecule has 0 aliphatic carbocycles. The molecule has 1 aromatic rings. The first-order chi connectivity index (χ1) is 10.3. The van der Waals surface area contributed by atoms with Crippen LogP contribution in [0.15, 0.2) is 18.2 Å². The van der Waals surface area contributed by atoms with Crippen LogP contribution in [0.25, 0.3) is 0 Å². The molecule has 22 heavy (non-hydrogen) atoms. The topological polar surface area (TPSA) is 84.2 Å². The maximum absolute atomic E-state index is 12.2. The monoisotopic (exact) mass is 317 g/mol. The fraction of sp³-hybridized carbons (Fsp3) is 0.429. The van der Waals surface area contributed by atoms with Crippen LogP contribution in [-0.2, 0) is 16.0 Å². The maximum atomic E-state index is 12.2. The van der Waals surface area contributed by atoms with Gasteiger partial charge in [0.1, 0.15) is 0 Å². The fourth-order valence-electron chi connectivity index (χ4n) is 1.76. The van der Waals surface area contributed by atoms with Crippen molar-refractivity contribution in [3.05, 3.63) is 23.8 Å². The molecule has 0 fully saturated rings. The number of halogens is 3. The van der Waals surface area contributed by atoms with Gasteiger partial charge in [0.05, 0.1) is 0 Å². The van der Waals surface area contributed by atoms with Crippen LogP contribution >= 0.6 is 0 Å². The number of benzene rings is 1. The van der Waals surface area contributed by atoms with Crippen molar-refractivity contribution in [2.75, 3.05) is 17.2 Å². The van der Waals surface area contributed by atoms with E-state index in [1.807, 2.05) is 6.92 Å². The van der Waals surface area contributed by atoms with Crippen molar-refractivity contribution >= 4 is 23.2 Å². The van der Waals surface area contributed by atoms with Gasteiger partial charge < -0.3 is 16.4 Å². The Morgan fingerprint density at radius 2 is 1.91 bits per heavy atom. The minimum Gasteiger partial charge on any atom is -0.330 e. The first-order valence-electron chi connectivity index (χ1n) is 6.79. The molecule has 0 aliphatic rings. The number of rotatable bonds is 6. The van der Waals surface area contributed by atoms with Crippen LogP contribution in [-0.4, -0.2) is 24.5 Å². The highest BCUT2D eigenvalue weighted by atomic mass is 19.4. The van der Waals surface area contributed by atoms with Gasteiger partial charge in [-0.15, -0.1) is 0 Å². The summed E-state index contributed by atoms with van der Waals surface area (Å²) in [5.41, 5.74) is 6.41. The Morgan fingerprint density at radius 1 is 1.23 bits per heavy atom. The third kappa shape index (κ3) is 5.36. The maximum Gasteiger partial charge on any atom is 0.471 e. The van der Waals surface area contributed by atoms with Gasteiger partial charge in [0, 0.05) is 17.8 Å². The highest BCUT2D eigenvalue weighted by Crippen LogP contribution is 2.24. The summed E-state index contributed by atoms with van der Waals surface area (Å²) >= 11 is 0. The summed E-state index contributed by atoms with van der Waals surface area (Å²) in [4.78, 5) is 22.6. The van der Waals surface area contributed by atoms with E-state index in [1.54, 1.807) is 11.4 Å². The molecule has 8 heteroatoms. The molecule has 0 bridgehead atoms. The van der Waals surface area contributed by atoms with Crippen molar-refractivity contribution in [1.82, 2.24) is 0 Å². The number of alkyl halides is 3. The number of hydrogen-bond acceptors (Lipinski definition) is 3. The van der Waals surface area contributed by atoms with Gasteiger partial charge in [-0.05, 0) is 37.1 Å². The third-order valence-electron chi connectivity index (χ3n) is 2.89. The first kappa shape index (κ1) is 18.0. The lowest BCUT2D eigenvalue weighted by molar-refractivity contribution is -0.167. The molecule has 2 amide bonds. The van der Waals surface area contributed by atoms with Crippen LogP contribution in [0.1, 0.15) is 25.3 Å². The summed E-state index contributed by atoms with van der Waals surface area (Å²) < 4.78 is 36.7. The molecule has 0 atom stereocenters. The average molecular weight is 317 g/mol. The van der Waals surface area contributed by atoms with Gasteiger partial charge in [0.15, 0.2) is 0 Å². The number of carbonyl (C=O) groups is 2. The van der Waals surface area contributed by atoms with Gasteiger partial charge >= 0.3 is 12.1 Å². The number of nitrogens with one attached hydrogen (secondary N) is 2. The summed E-state index contributed by atoms with van der Waals surface area (Å²) in [7, 11) is 0. The molecule has 0 saturated heterocycles. The van der Waals surface area contributed by atoms with Crippen LogP contribution < -0.4 is 16.4 Å². The summed E-state index contributed by atoms with van der Waals surface area (Å²) in [6.45, 7) is 2.22. The Bertz CT molecular complexity index is 545. The lowest BCUT2D eigenvalue weighted by atomic mass is 10.1. The molecule has 0 heterocycles. The van der Waals surface area contributed by atoms with Crippen molar-refractivity contribution in [2.24, 2.45) is 5.73 Å². The zero-order valence-corrected chi connectivity index (χ0v) is 12.1. The van der Waals surface area contributed by atoms with Crippen LogP contribution in [0.3, 0.4) is 0 Å². The van der Waals surface area contributed by atoms with Crippen molar-refractivity contribution in [3.8, 4) is 0 Å². The molecule has 0 radical (unpaired) electrons. The Labute approximate surface area is 126 Å². The average Bonchev–Trinajstić information content (AvgIpc) is 2.44. The lowest BCUT2D eigenvalue weighted by Crippen LogP contribution is -2.30. The van der Waals surface area contributed by atoms with E-state index in [9.17, 15) is 22.8 Å². The van der Waals surface area contributed by atoms with E-state index < -0.39 is 12.1 Å². The Hall–Kier alpha value is -2.09. The second-order valence-electron chi connectivity index (χ2n) is 4.62. The summed E-state index contributed by atoms with van der Waals surface area (Å²) in [5.74, 6) is -2.34. The normalized spacial score (nSPS) is 11.1. The molecule has 1 rings (SSSR count). The summed E-state index contributed by atoms with van der Waals surface area (Å²) in [6, 6.07) is 4.23. The smallest absolute Gasteiger partial charge is 0.330 e. The molecule has 4 N–H and O–H groups in total. The summed E-state index contributed by atoms with van der Waals surface area (Å²) in [5, 5.41) is 4.38. The number of anilines is 2. The standard InChI is InChI=1S/C14H18F3N3O2/c1-2-9-5-6-10(19-13(22)14(15,16)17)8-11(9)20-12(21)4-3-7-18/h5-6,8H,2-4,7,18H2,1H3,(H,19,22)(H,20,21). The highest BCUT2D eigenvalue weighted by molar-refractivity contribution is 5.97. The molecular formula is C14H18F3N3O2. The number of carbonyl (C=O) groups excluding carboxylic acids is 2. The van der Waals surface area contributed by atoms with Crippen LogP contribution in [0, 0.1) is 0 Å². The fourth-order valence-corrected chi connectivity index (χ4v) is 1.76. The van der Waals surface area contributed by atoms with E-state index in [4.69, 9.17) is 5.73 Å². The van der Waals surface area contributed by atoms with E-state index in [2.05, 4.69) is 5.32 Å². The number of aryl methyl sites for hydroxylation is 1. The van der Waals surface area contributed by atoms with E-state index in [1.165, 1.54) is 12.1 Å².